The van der Waals surface area contributed by atoms with Crippen LogP contribution in [0.1, 0.15) is 5.56 Å². The normalized spacial score (nSPS) is 10.7. The Morgan fingerprint density at radius 3 is 2.81 bits per heavy atom. The molecular weight excluding hydrogens is 271 g/mol. The van der Waals surface area contributed by atoms with Crippen LogP contribution in [0.3, 0.4) is 0 Å². The monoisotopic (exact) mass is 284 g/mol. The van der Waals surface area contributed by atoms with Crippen molar-refractivity contribution in [2.24, 2.45) is 0 Å². The summed E-state index contributed by atoms with van der Waals surface area (Å²) in [5.74, 6) is -1.34. The van der Waals surface area contributed by atoms with Gasteiger partial charge in [0.25, 0.3) is 0 Å². The molecular formula is C16H13FN2O2. The number of hydrogen-bond donors (Lipinski definition) is 3. The van der Waals surface area contributed by atoms with Crippen LogP contribution in [-0.2, 0) is 11.2 Å². The van der Waals surface area contributed by atoms with Crippen LogP contribution in [0.25, 0.3) is 10.9 Å². The standard InChI is InChI=1S/C16H13FN2O2/c17-12-5-3-7-14(20)16(12)19-15(21)8-10-9-18-13-6-2-1-4-11(10)13/h1-7,9,18,20H,8H2,(H,19,21). The molecule has 0 radical (unpaired) electrons. The van der Waals surface area contributed by atoms with Gasteiger partial charge in [0.1, 0.15) is 11.4 Å². The van der Waals surface area contributed by atoms with E-state index in [0.29, 0.717) is 0 Å². The molecule has 1 aromatic heterocycles. The first-order valence-electron chi connectivity index (χ1n) is 6.47. The van der Waals surface area contributed by atoms with E-state index in [2.05, 4.69) is 10.3 Å². The molecule has 106 valence electrons. The van der Waals surface area contributed by atoms with Crippen molar-refractivity contribution < 1.29 is 14.3 Å². The van der Waals surface area contributed by atoms with Crippen molar-refractivity contribution >= 4 is 22.5 Å². The van der Waals surface area contributed by atoms with Crippen molar-refractivity contribution in [1.82, 2.24) is 4.98 Å². The van der Waals surface area contributed by atoms with E-state index >= 15 is 0 Å². The Kier molecular flexibility index (Phi) is 3.31. The van der Waals surface area contributed by atoms with Crippen LogP contribution in [-0.4, -0.2) is 16.0 Å². The van der Waals surface area contributed by atoms with Crippen LogP contribution in [0, 0.1) is 5.82 Å². The third kappa shape index (κ3) is 2.58. The Morgan fingerprint density at radius 1 is 1.19 bits per heavy atom. The topological polar surface area (TPSA) is 65.1 Å². The van der Waals surface area contributed by atoms with E-state index in [0.717, 1.165) is 16.5 Å². The molecule has 0 aliphatic carbocycles. The van der Waals surface area contributed by atoms with Gasteiger partial charge in [0.2, 0.25) is 5.91 Å². The average Bonchev–Trinajstić information content (AvgIpc) is 2.87. The number of para-hydroxylation sites is 2. The summed E-state index contributed by atoms with van der Waals surface area (Å²) >= 11 is 0. The summed E-state index contributed by atoms with van der Waals surface area (Å²) in [4.78, 5) is 15.1. The van der Waals surface area contributed by atoms with Gasteiger partial charge in [0, 0.05) is 17.1 Å². The molecule has 0 fully saturated rings. The number of nitrogens with one attached hydrogen (secondary N) is 2. The highest BCUT2D eigenvalue weighted by Crippen LogP contribution is 2.26. The minimum absolute atomic E-state index is 0.0950. The van der Waals surface area contributed by atoms with E-state index in [1.165, 1.54) is 18.2 Å². The fraction of sp³-hybridized carbons (Fsp3) is 0.0625. The SMILES string of the molecule is O=C(Cc1c[nH]c2ccccc12)Nc1c(O)cccc1F. The van der Waals surface area contributed by atoms with Gasteiger partial charge in [-0.25, -0.2) is 4.39 Å². The average molecular weight is 284 g/mol. The van der Waals surface area contributed by atoms with Crippen molar-refractivity contribution in [3.8, 4) is 5.75 Å². The smallest absolute Gasteiger partial charge is 0.229 e. The predicted octanol–water partition coefficient (Wildman–Crippen LogP) is 3.19. The van der Waals surface area contributed by atoms with Crippen LogP contribution in [0.5, 0.6) is 5.75 Å². The van der Waals surface area contributed by atoms with Crippen molar-refractivity contribution in [3.63, 3.8) is 0 Å². The Morgan fingerprint density at radius 2 is 2.00 bits per heavy atom. The molecule has 1 heterocycles. The number of benzene rings is 2. The van der Waals surface area contributed by atoms with E-state index in [-0.39, 0.29) is 23.8 Å². The van der Waals surface area contributed by atoms with E-state index in [1.807, 2.05) is 24.3 Å². The Labute approximate surface area is 120 Å². The highest BCUT2D eigenvalue weighted by atomic mass is 19.1. The number of aromatic nitrogens is 1. The third-order valence-electron chi connectivity index (χ3n) is 3.28. The number of carbonyl (C=O) groups excluding carboxylic acids is 1. The van der Waals surface area contributed by atoms with Gasteiger partial charge in [-0.15, -0.1) is 0 Å². The van der Waals surface area contributed by atoms with E-state index in [4.69, 9.17) is 0 Å². The highest BCUT2D eigenvalue weighted by Gasteiger charge is 2.13. The number of carbonyl (C=O) groups is 1. The maximum Gasteiger partial charge on any atom is 0.229 e. The first kappa shape index (κ1) is 13.2. The first-order valence-corrected chi connectivity index (χ1v) is 6.47. The number of anilines is 1. The highest BCUT2D eigenvalue weighted by molar-refractivity contribution is 5.96. The summed E-state index contributed by atoms with van der Waals surface area (Å²) in [6.45, 7) is 0. The maximum atomic E-state index is 13.6. The number of phenols is 1. The largest absolute Gasteiger partial charge is 0.506 e. The van der Waals surface area contributed by atoms with Gasteiger partial charge >= 0.3 is 0 Å². The van der Waals surface area contributed by atoms with Crippen LogP contribution in [0.2, 0.25) is 0 Å². The second-order valence-corrected chi connectivity index (χ2v) is 4.72. The summed E-state index contributed by atoms with van der Waals surface area (Å²) in [6.07, 6.45) is 1.85. The number of phenolic OH excluding ortho intramolecular Hbond substituents is 1. The summed E-state index contributed by atoms with van der Waals surface area (Å²) in [5.41, 5.74) is 1.57. The number of halogens is 1. The Hall–Kier alpha value is -2.82. The lowest BCUT2D eigenvalue weighted by Crippen LogP contribution is -2.15. The molecule has 1 amide bonds. The second-order valence-electron chi connectivity index (χ2n) is 4.72. The van der Waals surface area contributed by atoms with Gasteiger partial charge in [-0.3, -0.25) is 4.79 Å². The number of hydrogen-bond acceptors (Lipinski definition) is 2. The number of aromatic amines is 1. The lowest BCUT2D eigenvalue weighted by atomic mass is 10.1. The molecule has 0 unspecified atom stereocenters. The number of amides is 1. The molecule has 3 aromatic rings. The zero-order valence-corrected chi connectivity index (χ0v) is 11.1. The van der Waals surface area contributed by atoms with Crippen molar-refractivity contribution in [1.29, 1.82) is 0 Å². The molecule has 0 bridgehead atoms. The molecule has 0 aliphatic heterocycles. The molecule has 2 aromatic carbocycles. The predicted molar refractivity (Wildman–Crippen MR) is 78.7 cm³/mol. The number of H-pyrrole nitrogens is 1. The first-order chi connectivity index (χ1) is 10.1. The lowest BCUT2D eigenvalue weighted by Gasteiger charge is -2.07. The van der Waals surface area contributed by atoms with Crippen LogP contribution < -0.4 is 5.32 Å². The third-order valence-corrected chi connectivity index (χ3v) is 3.28. The molecule has 4 nitrogen and oxygen atoms in total. The minimum Gasteiger partial charge on any atom is -0.506 e. The molecule has 0 atom stereocenters. The Bertz CT molecular complexity index is 791. The fourth-order valence-electron chi connectivity index (χ4n) is 2.27. The molecule has 21 heavy (non-hydrogen) atoms. The van der Waals surface area contributed by atoms with Gasteiger partial charge in [0.05, 0.1) is 6.42 Å². The van der Waals surface area contributed by atoms with Crippen LogP contribution in [0.15, 0.2) is 48.7 Å². The number of rotatable bonds is 3. The van der Waals surface area contributed by atoms with Crippen molar-refractivity contribution in [2.75, 3.05) is 5.32 Å². The lowest BCUT2D eigenvalue weighted by molar-refractivity contribution is -0.115. The van der Waals surface area contributed by atoms with Gasteiger partial charge in [-0.2, -0.15) is 0 Å². The maximum absolute atomic E-state index is 13.6. The van der Waals surface area contributed by atoms with Crippen LogP contribution >= 0.6 is 0 Å². The van der Waals surface area contributed by atoms with Crippen molar-refractivity contribution in [2.45, 2.75) is 6.42 Å². The van der Waals surface area contributed by atoms with E-state index in [1.54, 1.807) is 6.20 Å². The van der Waals surface area contributed by atoms with Gasteiger partial charge in [-0.05, 0) is 23.8 Å². The summed E-state index contributed by atoms with van der Waals surface area (Å²) in [5, 5.41) is 12.9. The molecule has 0 saturated heterocycles. The summed E-state index contributed by atoms with van der Waals surface area (Å²) in [7, 11) is 0. The second kappa shape index (κ2) is 5.28. The summed E-state index contributed by atoms with van der Waals surface area (Å²) < 4.78 is 13.6. The molecule has 3 N–H and O–H groups in total. The molecule has 0 aliphatic rings. The molecule has 0 spiro atoms. The summed E-state index contributed by atoms with van der Waals surface area (Å²) in [6, 6.07) is 11.5. The quantitative estimate of drug-likeness (QED) is 0.647. The zero-order valence-electron chi connectivity index (χ0n) is 11.1. The number of fused-ring (bicyclic) bond motifs is 1. The van der Waals surface area contributed by atoms with E-state index in [9.17, 15) is 14.3 Å². The van der Waals surface area contributed by atoms with Gasteiger partial charge in [-0.1, -0.05) is 24.3 Å². The Balaban J connectivity index is 1.81. The number of aromatic hydroxyl groups is 1. The van der Waals surface area contributed by atoms with Crippen molar-refractivity contribution in [3.05, 3.63) is 60.0 Å². The molecule has 0 saturated carbocycles. The molecule has 5 heteroatoms. The minimum atomic E-state index is -0.665. The molecule has 3 rings (SSSR count). The van der Waals surface area contributed by atoms with Gasteiger partial charge in [0.15, 0.2) is 5.82 Å². The fourth-order valence-corrected chi connectivity index (χ4v) is 2.27. The van der Waals surface area contributed by atoms with E-state index < -0.39 is 5.82 Å². The van der Waals surface area contributed by atoms with Crippen LogP contribution in [0.4, 0.5) is 10.1 Å². The van der Waals surface area contributed by atoms with Gasteiger partial charge < -0.3 is 15.4 Å². The zero-order chi connectivity index (χ0) is 14.8.